The fourth-order valence-corrected chi connectivity index (χ4v) is 3.90. The minimum atomic E-state index is -0.129. The van der Waals surface area contributed by atoms with Crippen LogP contribution in [-0.2, 0) is 19.1 Å². The Balaban J connectivity index is 1.81. The molecule has 2 heterocycles. The third kappa shape index (κ3) is 2.94. The van der Waals surface area contributed by atoms with Gasteiger partial charge in [0.25, 0.3) is 0 Å². The Morgan fingerprint density at radius 2 is 2.27 bits per heavy atom. The molecule has 5 heteroatoms. The fraction of sp³-hybridized carbons (Fsp3) is 0.824. The summed E-state index contributed by atoms with van der Waals surface area (Å²) in [6.45, 7) is 4.89. The maximum absolute atomic E-state index is 12.4. The Hall–Kier alpha value is -0.910. The molecule has 0 radical (unpaired) electrons. The normalized spacial score (nSPS) is 43.9. The zero-order valence-corrected chi connectivity index (χ0v) is 14.0. The quantitative estimate of drug-likeness (QED) is 0.346. The Labute approximate surface area is 132 Å². The van der Waals surface area contributed by atoms with Crippen molar-refractivity contribution in [2.24, 2.45) is 11.8 Å². The largest absolute Gasteiger partial charge is 0.459 e. The second kappa shape index (κ2) is 5.95. The number of nitrogens with zero attached hydrogens (tertiary/aromatic N) is 1. The lowest BCUT2D eigenvalue weighted by atomic mass is 9.80. The molecule has 0 aromatic carbocycles. The van der Waals surface area contributed by atoms with Gasteiger partial charge >= 0.3 is 5.97 Å². The maximum Gasteiger partial charge on any atom is 0.311 e. The van der Waals surface area contributed by atoms with E-state index in [-0.39, 0.29) is 35.6 Å². The molecular weight excluding hydrogens is 282 g/mol. The Morgan fingerprint density at radius 3 is 3.00 bits per heavy atom. The Kier molecular flexibility index (Phi) is 4.32. The van der Waals surface area contributed by atoms with Gasteiger partial charge in [-0.3, -0.25) is 4.79 Å². The van der Waals surface area contributed by atoms with Crippen LogP contribution in [0.1, 0.15) is 39.5 Å². The van der Waals surface area contributed by atoms with Gasteiger partial charge < -0.3 is 14.3 Å². The van der Waals surface area contributed by atoms with E-state index < -0.39 is 0 Å². The van der Waals surface area contributed by atoms with Gasteiger partial charge in [0.05, 0.1) is 18.6 Å². The third-order valence-corrected chi connectivity index (χ3v) is 5.50. The van der Waals surface area contributed by atoms with E-state index in [1.165, 1.54) is 5.57 Å². The molecule has 2 saturated heterocycles. The molecule has 0 aromatic rings. The van der Waals surface area contributed by atoms with E-state index in [0.29, 0.717) is 6.54 Å². The lowest BCUT2D eigenvalue weighted by molar-refractivity contribution is -0.151. The lowest BCUT2D eigenvalue weighted by Crippen LogP contribution is -2.34. The van der Waals surface area contributed by atoms with Crippen molar-refractivity contribution in [1.29, 1.82) is 0 Å². The van der Waals surface area contributed by atoms with Gasteiger partial charge in [0.1, 0.15) is 12.2 Å². The average molecular weight is 309 g/mol. The third-order valence-electron chi connectivity index (χ3n) is 5.50. The number of carbonyl (C=O) groups is 1. The zero-order valence-electron chi connectivity index (χ0n) is 14.0. The highest BCUT2D eigenvalue weighted by Gasteiger charge is 2.62. The minimum Gasteiger partial charge on any atom is -0.459 e. The standard InChI is InChI=1S/C17H27NO4/c1-11-6-5-9-17(2)15(22-17)14-12(8-7-11)13(16(19)21-14)10-18(3)20-4/h6,12-15H,5,7-10H2,1-4H3/b11-6+/t12-,13-,14-,15-,17+/m0/s1. The van der Waals surface area contributed by atoms with Crippen molar-refractivity contribution < 1.29 is 19.1 Å². The number of allylic oxidation sites excluding steroid dienone is 2. The van der Waals surface area contributed by atoms with Gasteiger partial charge in [-0.2, -0.15) is 5.06 Å². The highest BCUT2D eigenvalue weighted by atomic mass is 16.7. The summed E-state index contributed by atoms with van der Waals surface area (Å²) in [4.78, 5) is 17.6. The monoisotopic (exact) mass is 309 g/mol. The van der Waals surface area contributed by atoms with Crippen LogP contribution in [0.5, 0.6) is 0 Å². The molecule has 5 atom stereocenters. The van der Waals surface area contributed by atoms with Crippen molar-refractivity contribution in [2.45, 2.75) is 57.3 Å². The van der Waals surface area contributed by atoms with Crippen molar-refractivity contribution in [3.8, 4) is 0 Å². The Morgan fingerprint density at radius 1 is 1.50 bits per heavy atom. The number of hydroxylamine groups is 2. The first-order valence-electron chi connectivity index (χ1n) is 8.24. The van der Waals surface area contributed by atoms with E-state index in [0.717, 1.165) is 25.7 Å². The van der Waals surface area contributed by atoms with Gasteiger partial charge in [-0.15, -0.1) is 0 Å². The van der Waals surface area contributed by atoms with Crippen molar-refractivity contribution in [3.63, 3.8) is 0 Å². The van der Waals surface area contributed by atoms with E-state index in [9.17, 15) is 4.79 Å². The van der Waals surface area contributed by atoms with Crippen LogP contribution < -0.4 is 0 Å². The van der Waals surface area contributed by atoms with E-state index in [2.05, 4.69) is 19.9 Å². The van der Waals surface area contributed by atoms with Gasteiger partial charge in [-0.05, 0) is 39.5 Å². The molecule has 0 unspecified atom stereocenters. The maximum atomic E-state index is 12.4. The van der Waals surface area contributed by atoms with Crippen molar-refractivity contribution >= 4 is 5.97 Å². The van der Waals surface area contributed by atoms with E-state index in [1.54, 1.807) is 12.2 Å². The van der Waals surface area contributed by atoms with Crippen LogP contribution in [0.3, 0.4) is 0 Å². The summed E-state index contributed by atoms with van der Waals surface area (Å²) in [5.41, 5.74) is 1.28. The molecule has 3 rings (SSSR count). The number of esters is 1. The predicted molar refractivity (Wildman–Crippen MR) is 82.0 cm³/mol. The van der Waals surface area contributed by atoms with Crippen LogP contribution >= 0.6 is 0 Å². The van der Waals surface area contributed by atoms with Gasteiger partial charge in [-0.25, -0.2) is 0 Å². The molecule has 22 heavy (non-hydrogen) atoms. The smallest absolute Gasteiger partial charge is 0.311 e. The molecule has 0 saturated carbocycles. The molecule has 5 nitrogen and oxygen atoms in total. The second-order valence-electron chi connectivity index (χ2n) is 7.14. The van der Waals surface area contributed by atoms with Crippen LogP contribution in [0.15, 0.2) is 11.6 Å². The first-order chi connectivity index (χ1) is 10.4. The number of epoxide rings is 1. The van der Waals surface area contributed by atoms with Crippen molar-refractivity contribution in [1.82, 2.24) is 5.06 Å². The molecule has 2 fully saturated rings. The number of rotatable bonds is 3. The van der Waals surface area contributed by atoms with E-state index >= 15 is 0 Å². The molecule has 0 N–H and O–H groups in total. The number of hydrogen-bond donors (Lipinski definition) is 0. The minimum absolute atomic E-state index is 0.0612. The van der Waals surface area contributed by atoms with Crippen molar-refractivity contribution in [3.05, 3.63) is 11.6 Å². The highest BCUT2D eigenvalue weighted by Crippen LogP contribution is 2.50. The summed E-state index contributed by atoms with van der Waals surface area (Å²) in [5.74, 6) is -0.0216. The molecule has 0 spiro atoms. The fourth-order valence-electron chi connectivity index (χ4n) is 3.90. The van der Waals surface area contributed by atoms with Crippen LogP contribution in [0, 0.1) is 11.8 Å². The molecule has 0 amide bonds. The summed E-state index contributed by atoms with van der Waals surface area (Å²) in [5, 5.41) is 1.71. The number of hydrogen-bond acceptors (Lipinski definition) is 5. The number of fused-ring (bicyclic) bond motifs is 3. The molecule has 1 aliphatic carbocycles. The van der Waals surface area contributed by atoms with Crippen LogP contribution in [0.4, 0.5) is 0 Å². The first-order valence-corrected chi connectivity index (χ1v) is 8.24. The molecule has 0 aromatic heterocycles. The van der Waals surface area contributed by atoms with Gasteiger partial charge in [0.15, 0.2) is 0 Å². The summed E-state index contributed by atoms with van der Waals surface area (Å²) in [7, 11) is 3.47. The highest BCUT2D eigenvalue weighted by molar-refractivity contribution is 5.75. The zero-order chi connectivity index (χ0) is 15.9. The lowest BCUT2D eigenvalue weighted by Gasteiger charge is -2.24. The van der Waals surface area contributed by atoms with E-state index in [4.69, 9.17) is 14.3 Å². The number of ether oxygens (including phenoxy) is 2. The number of carbonyl (C=O) groups excluding carboxylic acids is 1. The Bertz CT molecular complexity index is 477. The van der Waals surface area contributed by atoms with E-state index in [1.807, 2.05) is 7.05 Å². The predicted octanol–water partition coefficient (Wildman–Crippen LogP) is 2.32. The van der Waals surface area contributed by atoms with Crippen LogP contribution in [0.25, 0.3) is 0 Å². The van der Waals surface area contributed by atoms with Gasteiger partial charge in [0.2, 0.25) is 0 Å². The van der Waals surface area contributed by atoms with Gasteiger partial charge in [0, 0.05) is 19.5 Å². The molecule has 124 valence electrons. The second-order valence-corrected chi connectivity index (χ2v) is 7.14. The molecule has 3 aliphatic rings. The summed E-state index contributed by atoms with van der Waals surface area (Å²) < 4.78 is 11.7. The molecule has 2 aliphatic heterocycles. The average Bonchev–Trinajstić information content (AvgIpc) is 3.05. The first kappa shape index (κ1) is 16.0. The summed E-state index contributed by atoms with van der Waals surface area (Å²) in [6, 6.07) is 0. The van der Waals surface area contributed by atoms with Crippen molar-refractivity contribution in [2.75, 3.05) is 20.7 Å². The van der Waals surface area contributed by atoms with Crippen LogP contribution in [-0.4, -0.2) is 49.5 Å². The molecular formula is C17H27NO4. The molecule has 0 bridgehead atoms. The SMILES string of the molecule is CON(C)C[C@@H]1C(=O)O[C@H]2[C@H]1CC/C(C)=C/CC[C@@]1(C)O[C@@H]21. The van der Waals surface area contributed by atoms with Gasteiger partial charge in [-0.1, -0.05) is 11.6 Å². The summed E-state index contributed by atoms with van der Waals surface area (Å²) in [6.07, 6.45) is 6.31. The summed E-state index contributed by atoms with van der Waals surface area (Å²) >= 11 is 0. The van der Waals surface area contributed by atoms with Crippen LogP contribution in [0.2, 0.25) is 0 Å². The topological polar surface area (TPSA) is 51.3 Å².